The summed E-state index contributed by atoms with van der Waals surface area (Å²) in [6.07, 6.45) is 1.45. The second kappa shape index (κ2) is 8.06. The molecule has 7 nitrogen and oxygen atoms in total. The molecule has 0 radical (unpaired) electrons. The maximum atomic E-state index is 13.2. The van der Waals surface area contributed by atoms with Crippen LogP contribution in [-0.4, -0.2) is 21.1 Å². The summed E-state index contributed by atoms with van der Waals surface area (Å²) in [6.45, 7) is -0.00284. The monoisotopic (exact) mass is 440 g/mol. The molecule has 1 heterocycles. The summed E-state index contributed by atoms with van der Waals surface area (Å²) >= 11 is 6.19. The van der Waals surface area contributed by atoms with Crippen molar-refractivity contribution >= 4 is 31.6 Å². The lowest BCUT2D eigenvalue weighted by atomic mass is 10.2. The van der Waals surface area contributed by atoms with E-state index >= 15 is 0 Å². The predicted molar refractivity (Wildman–Crippen MR) is 104 cm³/mol. The van der Waals surface area contributed by atoms with E-state index in [-0.39, 0.29) is 22.9 Å². The van der Waals surface area contributed by atoms with Crippen molar-refractivity contribution in [1.82, 2.24) is 4.31 Å². The maximum absolute atomic E-state index is 13.2. The molecule has 3 rings (SSSR count). The normalized spacial score (nSPS) is 12.4. The van der Waals surface area contributed by atoms with Crippen LogP contribution in [0.15, 0.2) is 81.1 Å². The standard InChI is InChI=1S/C18H17ClN2O5S2/c19-18-6-2-1-4-14(18)12-21(13-15-5-3-11-26-15)28(24,25)17-9-7-16(8-10-17)27(20,22)23/h1-11H,12-13H2,(H2,20,22,23). The van der Waals surface area contributed by atoms with Gasteiger partial charge in [-0.2, -0.15) is 4.31 Å². The third-order valence-electron chi connectivity index (χ3n) is 4.01. The first-order valence-corrected chi connectivity index (χ1v) is 11.4. The van der Waals surface area contributed by atoms with Gasteiger partial charge in [0.15, 0.2) is 0 Å². The molecule has 10 heteroatoms. The molecule has 0 fully saturated rings. The van der Waals surface area contributed by atoms with Gasteiger partial charge in [0.2, 0.25) is 20.0 Å². The highest BCUT2D eigenvalue weighted by molar-refractivity contribution is 7.89. The van der Waals surface area contributed by atoms with Crippen LogP contribution in [-0.2, 0) is 33.1 Å². The first kappa shape index (κ1) is 20.6. The highest BCUT2D eigenvalue weighted by Gasteiger charge is 2.27. The summed E-state index contributed by atoms with van der Waals surface area (Å²) in [6, 6.07) is 15.0. The average molecular weight is 441 g/mol. The van der Waals surface area contributed by atoms with E-state index in [1.807, 2.05) is 0 Å². The fourth-order valence-corrected chi connectivity index (χ4v) is 4.66. The van der Waals surface area contributed by atoms with Crippen LogP contribution in [0.5, 0.6) is 0 Å². The van der Waals surface area contributed by atoms with Crippen molar-refractivity contribution in [3.63, 3.8) is 0 Å². The van der Waals surface area contributed by atoms with Crippen molar-refractivity contribution in [3.05, 3.63) is 83.3 Å². The quantitative estimate of drug-likeness (QED) is 0.607. The SMILES string of the molecule is NS(=O)(=O)c1ccc(S(=O)(=O)N(Cc2ccco2)Cc2ccccc2Cl)cc1. The number of rotatable bonds is 7. The third kappa shape index (κ3) is 4.62. The molecular weight excluding hydrogens is 424 g/mol. The molecule has 0 unspecified atom stereocenters. The minimum atomic E-state index is -3.98. The highest BCUT2D eigenvalue weighted by Crippen LogP contribution is 2.25. The molecule has 0 aliphatic carbocycles. The van der Waals surface area contributed by atoms with Crippen molar-refractivity contribution in [1.29, 1.82) is 0 Å². The van der Waals surface area contributed by atoms with Gasteiger partial charge in [0.25, 0.3) is 0 Å². The van der Waals surface area contributed by atoms with Crippen molar-refractivity contribution in [2.45, 2.75) is 22.9 Å². The van der Waals surface area contributed by atoms with E-state index in [1.165, 1.54) is 22.7 Å². The minimum Gasteiger partial charge on any atom is -0.468 e. The Balaban J connectivity index is 1.99. The molecular formula is C18H17ClN2O5S2. The Labute approximate surface area is 168 Å². The number of hydrogen-bond donors (Lipinski definition) is 1. The third-order valence-corrected chi connectivity index (χ3v) is 7.11. The van der Waals surface area contributed by atoms with Gasteiger partial charge < -0.3 is 4.42 Å². The number of primary sulfonamides is 1. The molecule has 0 saturated carbocycles. The molecule has 0 amide bonds. The molecule has 0 bridgehead atoms. The number of nitrogens with two attached hydrogens (primary N) is 1. The molecule has 0 aliphatic heterocycles. The molecule has 28 heavy (non-hydrogen) atoms. The van der Waals surface area contributed by atoms with E-state index in [4.69, 9.17) is 21.2 Å². The molecule has 1 aromatic heterocycles. The van der Waals surface area contributed by atoms with Gasteiger partial charge in [-0.05, 0) is 48.0 Å². The van der Waals surface area contributed by atoms with Crippen LogP contribution >= 0.6 is 11.6 Å². The molecule has 2 N–H and O–H groups in total. The Kier molecular flexibility index (Phi) is 5.92. The zero-order chi connectivity index (χ0) is 20.4. The largest absolute Gasteiger partial charge is 0.468 e. The van der Waals surface area contributed by atoms with Gasteiger partial charge in [-0.15, -0.1) is 0 Å². The summed E-state index contributed by atoms with van der Waals surface area (Å²) in [5.74, 6) is 0.455. The van der Waals surface area contributed by atoms with Crippen molar-refractivity contribution in [2.75, 3.05) is 0 Å². The van der Waals surface area contributed by atoms with E-state index in [9.17, 15) is 16.8 Å². The van der Waals surface area contributed by atoms with E-state index in [1.54, 1.807) is 36.4 Å². The Morgan fingerprint density at radius 3 is 2.07 bits per heavy atom. The lowest BCUT2D eigenvalue weighted by molar-refractivity contribution is 0.358. The first-order chi connectivity index (χ1) is 13.2. The van der Waals surface area contributed by atoms with Gasteiger partial charge in [-0.1, -0.05) is 29.8 Å². The van der Waals surface area contributed by atoms with Crippen LogP contribution in [0, 0.1) is 0 Å². The van der Waals surface area contributed by atoms with Crippen LogP contribution in [0.4, 0.5) is 0 Å². The Morgan fingerprint density at radius 2 is 1.50 bits per heavy atom. The summed E-state index contributed by atoms with van der Waals surface area (Å²) in [5.41, 5.74) is 0.625. The predicted octanol–water partition coefficient (Wildman–Crippen LogP) is 2.97. The molecule has 0 saturated heterocycles. The second-order valence-corrected chi connectivity index (χ2v) is 9.87. The Bertz CT molecular complexity index is 1160. The molecule has 0 aliphatic rings. The Morgan fingerprint density at radius 1 is 0.857 bits per heavy atom. The highest BCUT2D eigenvalue weighted by atomic mass is 35.5. The molecule has 0 spiro atoms. The number of hydrogen-bond acceptors (Lipinski definition) is 5. The smallest absolute Gasteiger partial charge is 0.243 e. The number of benzene rings is 2. The van der Waals surface area contributed by atoms with Crippen LogP contribution in [0.3, 0.4) is 0 Å². The van der Waals surface area contributed by atoms with Gasteiger partial charge in [-0.3, -0.25) is 0 Å². The van der Waals surface area contributed by atoms with E-state index in [2.05, 4.69) is 0 Å². The van der Waals surface area contributed by atoms with Gasteiger partial charge in [0, 0.05) is 11.6 Å². The number of sulfonamides is 2. The zero-order valence-electron chi connectivity index (χ0n) is 14.5. The van der Waals surface area contributed by atoms with Crippen LogP contribution in [0.1, 0.15) is 11.3 Å². The maximum Gasteiger partial charge on any atom is 0.243 e. The summed E-state index contributed by atoms with van der Waals surface area (Å²) in [7, 11) is -7.90. The van der Waals surface area contributed by atoms with Crippen LogP contribution < -0.4 is 5.14 Å². The van der Waals surface area contributed by atoms with Crippen molar-refractivity contribution in [2.24, 2.45) is 5.14 Å². The minimum absolute atomic E-state index is 0.0135. The summed E-state index contributed by atoms with van der Waals surface area (Å²) < 4.78 is 55.7. The van der Waals surface area contributed by atoms with Gasteiger partial charge >= 0.3 is 0 Å². The lowest BCUT2D eigenvalue weighted by Gasteiger charge is -2.22. The molecule has 3 aromatic rings. The number of furan rings is 1. The molecule has 2 aromatic carbocycles. The molecule has 148 valence electrons. The average Bonchev–Trinajstić information content (AvgIpc) is 3.15. The lowest BCUT2D eigenvalue weighted by Crippen LogP contribution is -2.30. The van der Waals surface area contributed by atoms with Gasteiger partial charge in [0.05, 0.1) is 22.6 Å². The molecule has 0 atom stereocenters. The first-order valence-electron chi connectivity index (χ1n) is 8.07. The van der Waals surface area contributed by atoms with Gasteiger partial charge in [0.1, 0.15) is 5.76 Å². The zero-order valence-corrected chi connectivity index (χ0v) is 16.9. The second-order valence-electron chi connectivity index (χ2n) is 5.96. The van der Waals surface area contributed by atoms with Crippen LogP contribution in [0.2, 0.25) is 5.02 Å². The van der Waals surface area contributed by atoms with Gasteiger partial charge in [-0.25, -0.2) is 22.0 Å². The fourth-order valence-electron chi connectivity index (χ4n) is 2.57. The van der Waals surface area contributed by atoms with Crippen LogP contribution in [0.25, 0.3) is 0 Å². The number of halogens is 1. The summed E-state index contributed by atoms with van der Waals surface area (Å²) in [4.78, 5) is -0.242. The topological polar surface area (TPSA) is 111 Å². The fraction of sp³-hybridized carbons (Fsp3) is 0.111. The van der Waals surface area contributed by atoms with E-state index < -0.39 is 20.0 Å². The van der Waals surface area contributed by atoms with E-state index in [0.717, 1.165) is 12.1 Å². The summed E-state index contributed by atoms with van der Waals surface area (Å²) in [5, 5.41) is 5.51. The van der Waals surface area contributed by atoms with Crippen molar-refractivity contribution in [3.8, 4) is 0 Å². The van der Waals surface area contributed by atoms with E-state index in [0.29, 0.717) is 16.3 Å². The Hall–Kier alpha value is -2.17. The van der Waals surface area contributed by atoms with Crippen molar-refractivity contribution < 1.29 is 21.3 Å². The number of nitrogens with zero attached hydrogens (tertiary/aromatic N) is 1.